The van der Waals surface area contributed by atoms with Crippen LogP contribution in [0.25, 0.3) is 0 Å². The summed E-state index contributed by atoms with van der Waals surface area (Å²) in [4.78, 5) is 23.3. The minimum atomic E-state index is -0.193. The molecular weight excluding hydrogens is 208 g/mol. The molecule has 2 saturated heterocycles. The van der Waals surface area contributed by atoms with Crippen LogP contribution in [0.1, 0.15) is 19.3 Å². The molecule has 5 heteroatoms. The minimum absolute atomic E-state index is 0.0575. The summed E-state index contributed by atoms with van der Waals surface area (Å²) >= 11 is 0. The largest absolute Gasteiger partial charge is 0.469 e. The van der Waals surface area contributed by atoms with Gasteiger partial charge in [0.05, 0.1) is 13.0 Å². The second-order valence-electron chi connectivity index (χ2n) is 4.67. The van der Waals surface area contributed by atoms with Crippen molar-refractivity contribution in [1.82, 2.24) is 10.6 Å². The van der Waals surface area contributed by atoms with Crippen molar-refractivity contribution in [1.29, 1.82) is 0 Å². The summed E-state index contributed by atoms with van der Waals surface area (Å²) in [5, 5.41) is 6.02. The van der Waals surface area contributed by atoms with Gasteiger partial charge in [0.1, 0.15) is 0 Å². The van der Waals surface area contributed by atoms with Gasteiger partial charge in [0.25, 0.3) is 0 Å². The van der Waals surface area contributed by atoms with E-state index in [1.165, 1.54) is 7.11 Å². The third kappa shape index (κ3) is 1.91. The second kappa shape index (κ2) is 4.41. The number of ether oxygens (including phenoxy) is 1. The van der Waals surface area contributed by atoms with Crippen LogP contribution in [-0.4, -0.2) is 38.6 Å². The number of amides is 1. The van der Waals surface area contributed by atoms with E-state index in [1.54, 1.807) is 0 Å². The van der Waals surface area contributed by atoms with Gasteiger partial charge in [0.2, 0.25) is 5.91 Å². The van der Waals surface area contributed by atoms with Crippen LogP contribution >= 0.6 is 0 Å². The SMILES string of the molecule is COC(=O)C1CNC(=O)CC12CCNCC2. The molecule has 5 nitrogen and oxygen atoms in total. The number of carbonyl (C=O) groups is 2. The fourth-order valence-corrected chi connectivity index (χ4v) is 2.86. The second-order valence-corrected chi connectivity index (χ2v) is 4.67. The van der Waals surface area contributed by atoms with Gasteiger partial charge >= 0.3 is 5.97 Å². The van der Waals surface area contributed by atoms with Crippen LogP contribution in [-0.2, 0) is 14.3 Å². The van der Waals surface area contributed by atoms with Crippen molar-refractivity contribution in [3.8, 4) is 0 Å². The molecule has 0 bridgehead atoms. The summed E-state index contributed by atoms with van der Waals surface area (Å²) in [6.07, 6.45) is 2.20. The van der Waals surface area contributed by atoms with Crippen molar-refractivity contribution in [2.45, 2.75) is 19.3 Å². The Morgan fingerprint density at radius 3 is 2.75 bits per heavy atom. The van der Waals surface area contributed by atoms with Crippen molar-refractivity contribution in [2.24, 2.45) is 11.3 Å². The molecule has 1 amide bonds. The van der Waals surface area contributed by atoms with Crippen LogP contribution in [0.2, 0.25) is 0 Å². The number of piperidine rings is 2. The van der Waals surface area contributed by atoms with E-state index in [0.29, 0.717) is 13.0 Å². The van der Waals surface area contributed by atoms with E-state index in [0.717, 1.165) is 25.9 Å². The maximum absolute atomic E-state index is 11.8. The van der Waals surface area contributed by atoms with Gasteiger partial charge in [-0.05, 0) is 31.3 Å². The summed E-state index contributed by atoms with van der Waals surface area (Å²) in [7, 11) is 1.41. The summed E-state index contributed by atoms with van der Waals surface area (Å²) in [6, 6.07) is 0. The molecule has 2 N–H and O–H groups in total. The molecule has 0 aromatic heterocycles. The van der Waals surface area contributed by atoms with Crippen molar-refractivity contribution in [3.05, 3.63) is 0 Å². The number of nitrogens with one attached hydrogen (secondary N) is 2. The zero-order valence-electron chi connectivity index (χ0n) is 9.54. The molecule has 1 spiro atoms. The lowest BCUT2D eigenvalue weighted by Gasteiger charge is -2.44. The highest BCUT2D eigenvalue weighted by Gasteiger charge is 2.48. The smallest absolute Gasteiger partial charge is 0.311 e. The highest BCUT2D eigenvalue weighted by atomic mass is 16.5. The van der Waals surface area contributed by atoms with E-state index in [1.807, 2.05) is 0 Å². The summed E-state index contributed by atoms with van der Waals surface area (Å²) in [5.41, 5.74) is -0.180. The molecule has 0 saturated carbocycles. The summed E-state index contributed by atoms with van der Waals surface area (Å²) < 4.78 is 4.84. The first-order valence-corrected chi connectivity index (χ1v) is 5.73. The topological polar surface area (TPSA) is 67.4 Å². The monoisotopic (exact) mass is 226 g/mol. The number of esters is 1. The zero-order chi connectivity index (χ0) is 11.6. The number of methoxy groups -OCH3 is 1. The van der Waals surface area contributed by atoms with Gasteiger partial charge in [0, 0.05) is 13.0 Å². The molecule has 0 aromatic carbocycles. The Morgan fingerprint density at radius 2 is 2.12 bits per heavy atom. The highest BCUT2D eigenvalue weighted by Crippen LogP contribution is 2.42. The van der Waals surface area contributed by atoms with Gasteiger partial charge in [-0.15, -0.1) is 0 Å². The van der Waals surface area contributed by atoms with E-state index in [-0.39, 0.29) is 23.2 Å². The van der Waals surface area contributed by atoms with E-state index in [4.69, 9.17) is 4.74 Å². The van der Waals surface area contributed by atoms with Crippen LogP contribution in [0.5, 0.6) is 0 Å². The number of rotatable bonds is 1. The molecule has 90 valence electrons. The fourth-order valence-electron chi connectivity index (χ4n) is 2.86. The Kier molecular flexibility index (Phi) is 3.14. The summed E-state index contributed by atoms with van der Waals surface area (Å²) in [5.74, 6) is -0.318. The lowest BCUT2D eigenvalue weighted by Crippen LogP contribution is -2.55. The molecule has 1 atom stereocenters. The van der Waals surface area contributed by atoms with Crippen molar-refractivity contribution >= 4 is 11.9 Å². The predicted octanol–water partition coefficient (Wildman–Crippen LogP) is -0.335. The molecular formula is C11H18N2O3. The van der Waals surface area contributed by atoms with Gasteiger partial charge in [0.15, 0.2) is 0 Å². The lowest BCUT2D eigenvalue weighted by atomic mass is 9.65. The van der Waals surface area contributed by atoms with Gasteiger partial charge < -0.3 is 15.4 Å². The highest BCUT2D eigenvalue weighted by molar-refractivity contribution is 5.82. The van der Waals surface area contributed by atoms with E-state index >= 15 is 0 Å². The van der Waals surface area contributed by atoms with E-state index in [2.05, 4.69) is 10.6 Å². The van der Waals surface area contributed by atoms with Crippen molar-refractivity contribution < 1.29 is 14.3 Å². The molecule has 2 aliphatic heterocycles. The number of hydrogen-bond acceptors (Lipinski definition) is 4. The van der Waals surface area contributed by atoms with Crippen LogP contribution in [0.4, 0.5) is 0 Å². The Labute approximate surface area is 94.9 Å². The van der Waals surface area contributed by atoms with Gasteiger partial charge in [-0.3, -0.25) is 9.59 Å². The van der Waals surface area contributed by atoms with Gasteiger partial charge in [-0.2, -0.15) is 0 Å². The van der Waals surface area contributed by atoms with Gasteiger partial charge in [-0.25, -0.2) is 0 Å². The Balaban J connectivity index is 2.20. The van der Waals surface area contributed by atoms with Crippen LogP contribution in [0.15, 0.2) is 0 Å². The first-order chi connectivity index (χ1) is 7.68. The molecule has 1 unspecified atom stereocenters. The molecule has 2 fully saturated rings. The first kappa shape index (κ1) is 11.4. The molecule has 16 heavy (non-hydrogen) atoms. The Bertz CT molecular complexity index is 298. The van der Waals surface area contributed by atoms with Crippen molar-refractivity contribution in [2.75, 3.05) is 26.7 Å². The molecule has 0 radical (unpaired) electrons. The molecule has 0 aromatic rings. The average molecular weight is 226 g/mol. The molecule has 0 aliphatic carbocycles. The van der Waals surface area contributed by atoms with E-state index < -0.39 is 0 Å². The van der Waals surface area contributed by atoms with Crippen LogP contribution in [0.3, 0.4) is 0 Å². The Hall–Kier alpha value is -1.10. The third-order valence-electron chi connectivity index (χ3n) is 3.84. The zero-order valence-corrected chi connectivity index (χ0v) is 9.54. The van der Waals surface area contributed by atoms with Crippen molar-refractivity contribution in [3.63, 3.8) is 0 Å². The standard InChI is InChI=1S/C11H18N2O3/c1-16-10(15)8-7-13-9(14)6-11(8)2-4-12-5-3-11/h8,12H,2-7H2,1H3,(H,13,14). The third-order valence-corrected chi connectivity index (χ3v) is 3.84. The van der Waals surface area contributed by atoms with Gasteiger partial charge in [-0.1, -0.05) is 0 Å². The average Bonchev–Trinajstić information content (AvgIpc) is 2.29. The summed E-state index contributed by atoms with van der Waals surface area (Å²) in [6.45, 7) is 2.17. The quantitative estimate of drug-likeness (QED) is 0.601. The van der Waals surface area contributed by atoms with Crippen LogP contribution < -0.4 is 10.6 Å². The lowest BCUT2D eigenvalue weighted by molar-refractivity contribution is -0.155. The number of hydrogen-bond donors (Lipinski definition) is 2. The maximum atomic E-state index is 11.8. The minimum Gasteiger partial charge on any atom is -0.469 e. The van der Waals surface area contributed by atoms with Crippen LogP contribution in [0, 0.1) is 11.3 Å². The first-order valence-electron chi connectivity index (χ1n) is 5.73. The number of carbonyl (C=O) groups excluding carboxylic acids is 2. The molecule has 2 aliphatic rings. The molecule has 2 rings (SSSR count). The fraction of sp³-hybridized carbons (Fsp3) is 0.818. The van der Waals surface area contributed by atoms with E-state index in [9.17, 15) is 9.59 Å². The predicted molar refractivity (Wildman–Crippen MR) is 57.7 cm³/mol. The Morgan fingerprint density at radius 1 is 1.44 bits per heavy atom. The molecule has 2 heterocycles. The maximum Gasteiger partial charge on any atom is 0.311 e. The normalized spacial score (nSPS) is 28.6.